The predicted octanol–water partition coefficient (Wildman–Crippen LogP) is 8.63. The van der Waals surface area contributed by atoms with Crippen LogP contribution in [0.2, 0.25) is 0 Å². The lowest BCUT2D eigenvalue weighted by Gasteiger charge is -2.31. The molecule has 5 nitrogen and oxygen atoms in total. The quantitative estimate of drug-likeness (QED) is 0.101. The van der Waals surface area contributed by atoms with Gasteiger partial charge in [0.15, 0.2) is 5.78 Å². The topological polar surface area (TPSA) is 94.0 Å². The highest BCUT2D eigenvalue weighted by Gasteiger charge is 2.34. The van der Waals surface area contributed by atoms with E-state index in [4.69, 9.17) is 11.5 Å². The van der Waals surface area contributed by atoms with Crippen LogP contribution in [-0.4, -0.2) is 16.9 Å². The second kappa shape index (κ2) is 16.5. The first-order valence-corrected chi connectivity index (χ1v) is 15.5. The summed E-state index contributed by atoms with van der Waals surface area (Å²) in [4.78, 5) is 16.4. The zero-order chi connectivity index (χ0) is 33.0. The monoisotopic (exact) mass is 624 g/mol. The number of nitrogens with zero attached hydrogens (tertiary/aromatic N) is 1. The van der Waals surface area contributed by atoms with E-state index >= 15 is 0 Å². The summed E-state index contributed by atoms with van der Waals surface area (Å²) in [6.45, 7) is 5.51. The van der Waals surface area contributed by atoms with E-state index in [9.17, 15) is 22.4 Å². The molecule has 1 heterocycles. The third-order valence-corrected chi connectivity index (χ3v) is 7.76. The summed E-state index contributed by atoms with van der Waals surface area (Å²) in [7, 11) is 0. The number of allylic oxidation sites excluding steroid dienone is 4. The van der Waals surface area contributed by atoms with E-state index in [2.05, 4.69) is 10.3 Å². The van der Waals surface area contributed by atoms with Gasteiger partial charge in [0.1, 0.15) is 5.82 Å². The lowest BCUT2D eigenvalue weighted by Crippen LogP contribution is -2.38. The third kappa shape index (κ3) is 10.6. The summed E-state index contributed by atoms with van der Waals surface area (Å²) < 4.78 is 52.9. The van der Waals surface area contributed by atoms with Crippen LogP contribution < -0.4 is 16.8 Å². The molecule has 1 aliphatic carbocycles. The molecule has 1 aromatic heterocycles. The standard InChI is InChI=1S/C18H23F3N2O.C18H21FN2/c1-3-6-14(18(19,20)21)11-16(17(24)7-4-2)23-15-9-5-8-13(10-15)12-22;1-13-11-15(6-7-17(13)19)18(20,9-8-14-4-5-14)16-3-2-10-21-12-16/h5-6,8-11,23H,3-4,7,12,22H2,1-2H3;2-3,6-7,10-12,14H,4-5,8-9,20H2,1H3/b14-6-,16-11-;. The Morgan fingerprint density at radius 1 is 1.07 bits per heavy atom. The SMILES string of the molecule is CC/C=C(/C=C(\Nc1cccc(CN)c1)C(=O)CCC)C(F)(F)F.Cc1cc(C(N)(CCC2CC2)c2cccnc2)ccc1F. The molecule has 0 saturated heterocycles. The Kier molecular flexibility index (Phi) is 13.1. The lowest BCUT2D eigenvalue weighted by atomic mass is 9.80. The minimum Gasteiger partial charge on any atom is -0.353 e. The van der Waals surface area contributed by atoms with Gasteiger partial charge in [-0.3, -0.25) is 9.78 Å². The fourth-order valence-electron chi connectivity index (χ4n) is 4.95. The molecule has 242 valence electrons. The number of aromatic nitrogens is 1. The Bertz CT molecular complexity index is 1470. The molecule has 5 N–H and O–H groups in total. The number of hydrogen-bond acceptors (Lipinski definition) is 5. The zero-order valence-electron chi connectivity index (χ0n) is 26.3. The number of benzene rings is 2. The van der Waals surface area contributed by atoms with Gasteiger partial charge in [0.05, 0.1) is 16.8 Å². The van der Waals surface area contributed by atoms with Crippen LogP contribution in [-0.2, 0) is 16.9 Å². The minimum atomic E-state index is -4.51. The highest BCUT2D eigenvalue weighted by atomic mass is 19.4. The van der Waals surface area contributed by atoms with Gasteiger partial charge in [-0.1, -0.05) is 63.1 Å². The molecule has 1 unspecified atom stereocenters. The van der Waals surface area contributed by atoms with Crippen molar-refractivity contribution in [1.82, 2.24) is 4.98 Å². The van der Waals surface area contributed by atoms with Gasteiger partial charge >= 0.3 is 6.18 Å². The number of aryl methyl sites for hydroxylation is 1. The second-order valence-corrected chi connectivity index (χ2v) is 11.5. The minimum absolute atomic E-state index is 0.0666. The molecule has 1 atom stereocenters. The van der Waals surface area contributed by atoms with Gasteiger partial charge in [-0.15, -0.1) is 0 Å². The van der Waals surface area contributed by atoms with Crippen molar-refractivity contribution in [3.8, 4) is 0 Å². The van der Waals surface area contributed by atoms with Gasteiger partial charge < -0.3 is 16.8 Å². The molecule has 1 saturated carbocycles. The Labute approximate surface area is 263 Å². The number of anilines is 1. The number of nitrogens with two attached hydrogens (primary N) is 2. The summed E-state index contributed by atoms with van der Waals surface area (Å²) in [5, 5.41) is 2.81. The molecule has 0 bridgehead atoms. The molecule has 0 radical (unpaired) electrons. The molecular weight excluding hydrogens is 580 g/mol. The summed E-state index contributed by atoms with van der Waals surface area (Å²) in [5.74, 6) is 0.266. The summed E-state index contributed by atoms with van der Waals surface area (Å²) in [6.07, 6.45) is 6.58. The molecule has 0 aliphatic heterocycles. The molecule has 1 aliphatic rings. The van der Waals surface area contributed by atoms with Crippen molar-refractivity contribution >= 4 is 11.5 Å². The molecule has 9 heteroatoms. The van der Waals surface area contributed by atoms with Crippen LogP contribution >= 0.6 is 0 Å². The van der Waals surface area contributed by atoms with Crippen molar-refractivity contribution < 1.29 is 22.4 Å². The maximum absolute atomic E-state index is 13.6. The predicted molar refractivity (Wildman–Crippen MR) is 173 cm³/mol. The van der Waals surface area contributed by atoms with E-state index in [1.807, 2.05) is 30.5 Å². The number of halogens is 4. The van der Waals surface area contributed by atoms with Gasteiger partial charge in [0.2, 0.25) is 0 Å². The van der Waals surface area contributed by atoms with E-state index in [0.717, 1.165) is 47.6 Å². The first-order chi connectivity index (χ1) is 21.4. The summed E-state index contributed by atoms with van der Waals surface area (Å²) in [6, 6.07) is 16.0. The molecule has 3 aromatic rings. The third-order valence-electron chi connectivity index (χ3n) is 7.76. The van der Waals surface area contributed by atoms with Crippen molar-refractivity contribution in [2.75, 3.05) is 5.32 Å². The van der Waals surface area contributed by atoms with Crippen LogP contribution in [0.3, 0.4) is 0 Å². The molecule has 0 amide bonds. The number of ketones is 1. The molecule has 1 fully saturated rings. The van der Waals surface area contributed by atoms with Gasteiger partial charge in [-0.2, -0.15) is 13.2 Å². The second-order valence-electron chi connectivity index (χ2n) is 11.5. The number of carbonyl (C=O) groups is 1. The fraction of sp³-hybridized carbons (Fsp3) is 0.389. The normalized spacial score (nSPS) is 15.1. The van der Waals surface area contributed by atoms with Crippen LogP contribution in [0.1, 0.15) is 81.0 Å². The van der Waals surface area contributed by atoms with Crippen LogP contribution in [0.15, 0.2) is 90.4 Å². The molecule has 2 aromatic carbocycles. The first kappa shape index (κ1) is 35.7. The number of pyridine rings is 1. The van der Waals surface area contributed by atoms with Crippen molar-refractivity contribution in [1.29, 1.82) is 0 Å². The van der Waals surface area contributed by atoms with Gasteiger partial charge in [0, 0.05) is 31.0 Å². The summed E-state index contributed by atoms with van der Waals surface area (Å²) in [5.41, 5.74) is 14.8. The Hall–Kier alpha value is -3.82. The van der Waals surface area contributed by atoms with E-state index in [-0.39, 0.29) is 30.1 Å². The zero-order valence-corrected chi connectivity index (χ0v) is 26.3. The number of alkyl halides is 3. The Morgan fingerprint density at radius 2 is 1.82 bits per heavy atom. The fourth-order valence-corrected chi connectivity index (χ4v) is 4.95. The Morgan fingerprint density at radius 3 is 2.40 bits per heavy atom. The van der Waals surface area contributed by atoms with Crippen LogP contribution in [0.25, 0.3) is 0 Å². The van der Waals surface area contributed by atoms with Gasteiger partial charge in [-0.25, -0.2) is 4.39 Å². The maximum Gasteiger partial charge on any atom is 0.416 e. The number of Topliss-reactive ketones (excluding diaryl/α,β-unsaturated/α-hetero) is 1. The Balaban J connectivity index is 0.000000247. The van der Waals surface area contributed by atoms with Crippen molar-refractivity contribution in [2.45, 2.75) is 84.0 Å². The first-order valence-electron chi connectivity index (χ1n) is 15.5. The van der Waals surface area contributed by atoms with Crippen molar-refractivity contribution in [3.05, 3.63) is 118 Å². The number of hydrogen-bond donors (Lipinski definition) is 3. The van der Waals surface area contributed by atoms with Crippen LogP contribution in [0.5, 0.6) is 0 Å². The van der Waals surface area contributed by atoms with E-state index < -0.39 is 17.3 Å². The number of rotatable bonds is 13. The maximum atomic E-state index is 13.6. The van der Waals surface area contributed by atoms with Crippen molar-refractivity contribution in [2.24, 2.45) is 17.4 Å². The van der Waals surface area contributed by atoms with Crippen molar-refractivity contribution in [3.63, 3.8) is 0 Å². The highest BCUT2D eigenvalue weighted by molar-refractivity contribution is 5.98. The largest absolute Gasteiger partial charge is 0.416 e. The van der Waals surface area contributed by atoms with Crippen LogP contribution in [0.4, 0.5) is 23.2 Å². The van der Waals surface area contributed by atoms with E-state index in [0.29, 0.717) is 24.2 Å². The van der Waals surface area contributed by atoms with Crippen LogP contribution in [0, 0.1) is 18.7 Å². The molecule has 45 heavy (non-hydrogen) atoms. The average molecular weight is 625 g/mol. The molecule has 0 spiro atoms. The number of nitrogens with one attached hydrogen (secondary N) is 1. The lowest BCUT2D eigenvalue weighted by molar-refractivity contribution is -0.115. The van der Waals surface area contributed by atoms with E-state index in [1.165, 1.54) is 18.9 Å². The molecule has 4 rings (SSSR count). The number of carbonyl (C=O) groups excluding carboxylic acids is 1. The smallest absolute Gasteiger partial charge is 0.353 e. The molecular formula is C36H44F4N4O. The summed E-state index contributed by atoms with van der Waals surface area (Å²) >= 11 is 0. The van der Waals surface area contributed by atoms with Gasteiger partial charge in [0.25, 0.3) is 0 Å². The average Bonchev–Trinajstić information content (AvgIpc) is 3.86. The van der Waals surface area contributed by atoms with Gasteiger partial charge in [-0.05, 0) is 91.1 Å². The van der Waals surface area contributed by atoms with E-state index in [1.54, 1.807) is 51.2 Å². The highest BCUT2D eigenvalue weighted by Crippen LogP contribution is 2.40.